The number of rotatable bonds is 6. The van der Waals surface area contributed by atoms with Crippen LogP contribution in [0, 0.1) is 5.82 Å². The zero-order valence-corrected chi connectivity index (χ0v) is 21.9. The maximum absolute atomic E-state index is 14.1. The van der Waals surface area contributed by atoms with E-state index in [-0.39, 0.29) is 11.4 Å². The average molecular weight is 618 g/mol. The minimum atomic E-state index is -1.10. The molecule has 184 valence electrons. The summed E-state index contributed by atoms with van der Waals surface area (Å²) in [4.78, 5) is 38.3. The zero-order chi connectivity index (χ0) is 25.8. The molecule has 0 saturated carbocycles. The molecule has 36 heavy (non-hydrogen) atoms. The number of aromatic nitrogens is 1. The number of benzene rings is 3. The summed E-state index contributed by atoms with van der Waals surface area (Å²) in [6, 6.07) is 17.6. The van der Waals surface area contributed by atoms with Crippen LogP contribution in [0.4, 0.5) is 15.8 Å². The minimum absolute atomic E-state index is 0.0768. The third-order valence-electron chi connectivity index (χ3n) is 5.02. The lowest BCUT2D eigenvalue weighted by Gasteiger charge is -2.13. The molecule has 1 heterocycles. The Morgan fingerprint density at radius 3 is 2.28 bits per heavy atom. The largest absolute Gasteiger partial charge is 0.494 e. The second-order valence-electron chi connectivity index (χ2n) is 7.50. The van der Waals surface area contributed by atoms with E-state index in [9.17, 15) is 18.8 Å². The van der Waals surface area contributed by atoms with Crippen molar-refractivity contribution in [3.63, 3.8) is 0 Å². The first-order valence-electron chi connectivity index (χ1n) is 10.7. The van der Waals surface area contributed by atoms with E-state index in [0.717, 1.165) is 10.5 Å². The molecule has 0 aliphatic carbocycles. The molecule has 1 aromatic heterocycles. The van der Waals surface area contributed by atoms with Crippen LogP contribution in [0.3, 0.4) is 0 Å². The molecule has 0 radical (unpaired) electrons. The van der Waals surface area contributed by atoms with Gasteiger partial charge in [0.1, 0.15) is 17.3 Å². The molecule has 0 spiro atoms. The molecule has 3 N–H and O–H groups in total. The number of amides is 3. The van der Waals surface area contributed by atoms with Crippen molar-refractivity contribution in [3.8, 4) is 5.75 Å². The van der Waals surface area contributed by atoms with Gasteiger partial charge in [-0.1, -0.05) is 31.9 Å². The Kier molecular flexibility index (Phi) is 7.70. The van der Waals surface area contributed by atoms with Gasteiger partial charge in [-0.05, 0) is 73.7 Å². The summed E-state index contributed by atoms with van der Waals surface area (Å²) in [6.07, 6.45) is 0. The quantitative estimate of drug-likeness (QED) is 0.243. The van der Waals surface area contributed by atoms with Crippen LogP contribution in [-0.4, -0.2) is 29.0 Å². The molecule has 0 bridgehead atoms. The highest BCUT2D eigenvalue weighted by Crippen LogP contribution is 2.25. The second-order valence-corrected chi connectivity index (χ2v) is 9.33. The van der Waals surface area contributed by atoms with Crippen molar-refractivity contribution < 1.29 is 23.5 Å². The first-order chi connectivity index (χ1) is 17.2. The number of hydrogen-bond donors (Lipinski definition) is 3. The Balaban J connectivity index is 1.59. The van der Waals surface area contributed by atoms with Gasteiger partial charge in [0, 0.05) is 20.0 Å². The molecule has 0 aliphatic rings. The smallest absolute Gasteiger partial charge is 0.328 e. The molecule has 11 heteroatoms. The number of ether oxygens (including phenoxy) is 1. The molecule has 0 aliphatic heterocycles. The predicted octanol–water partition coefficient (Wildman–Crippen LogP) is 5.67. The van der Waals surface area contributed by atoms with E-state index in [1.54, 1.807) is 48.5 Å². The van der Waals surface area contributed by atoms with Gasteiger partial charge in [-0.3, -0.25) is 19.8 Å². The molecular formula is C25H19Br2FN4O4. The van der Waals surface area contributed by atoms with E-state index in [2.05, 4.69) is 47.9 Å². The second kappa shape index (κ2) is 10.9. The summed E-state index contributed by atoms with van der Waals surface area (Å²) < 4.78 is 22.0. The lowest BCUT2D eigenvalue weighted by atomic mass is 10.2. The number of carbonyl (C=O) groups excluding carboxylic acids is 3. The Morgan fingerprint density at radius 1 is 0.889 bits per heavy atom. The maximum atomic E-state index is 14.1. The summed E-state index contributed by atoms with van der Waals surface area (Å²) in [7, 11) is 0. The van der Waals surface area contributed by atoms with E-state index in [1.807, 2.05) is 6.92 Å². The van der Waals surface area contributed by atoms with Crippen LogP contribution in [0.2, 0.25) is 0 Å². The third-order valence-corrected chi connectivity index (χ3v) is 6.00. The van der Waals surface area contributed by atoms with E-state index in [0.29, 0.717) is 33.4 Å². The first kappa shape index (κ1) is 25.4. The van der Waals surface area contributed by atoms with Gasteiger partial charge in [-0.2, -0.15) is 0 Å². The predicted molar refractivity (Wildman–Crippen MR) is 142 cm³/mol. The van der Waals surface area contributed by atoms with E-state index >= 15 is 0 Å². The summed E-state index contributed by atoms with van der Waals surface area (Å²) in [5.41, 5.74) is 3.34. The van der Waals surface area contributed by atoms with Crippen LogP contribution in [0.15, 0.2) is 75.7 Å². The molecule has 0 fully saturated rings. The molecule has 0 unspecified atom stereocenters. The van der Waals surface area contributed by atoms with Crippen molar-refractivity contribution in [1.29, 1.82) is 0 Å². The normalized spacial score (nSPS) is 10.7. The number of anilines is 2. The van der Waals surface area contributed by atoms with E-state index in [4.69, 9.17) is 4.74 Å². The zero-order valence-electron chi connectivity index (χ0n) is 18.8. The lowest BCUT2D eigenvalue weighted by molar-refractivity contribution is -0.133. The van der Waals surface area contributed by atoms with Crippen LogP contribution in [0.25, 0.3) is 10.9 Å². The molecular weight excluding hydrogens is 599 g/mol. The van der Waals surface area contributed by atoms with Gasteiger partial charge >= 0.3 is 11.8 Å². The van der Waals surface area contributed by atoms with Gasteiger partial charge in [0.2, 0.25) is 0 Å². The van der Waals surface area contributed by atoms with Gasteiger partial charge < -0.3 is 15.4 Å². The van der Waals surface area contributed by atoms with Crippen LogP contribution in [-0.2, 0) is 9.59 Å². The fraction of sp³-hybridized carbons (Fsp3) is 0.0800. The van der Waals surface area contributed by atoms with Gasteiger partial charge in [0.25, 0.3) is 5.91 Å². The topological polar surface area (TPSA) is 101 Å². The fourth-order valence-electron chi connectivity index (χ4n) is 3.39. The van der Waals surface area contributed by atoms with Gasteiger partial charge in [-0.25, -0.2) is 9.07 Å². The third kappa shape index (κ3) is 5.74. The van der Waals surface area contributed by atoms with Crippen molar-refractivity contribution in [2.75, 3.05) is 22.7 Å². The standard InChI is InChI=1S/C25H19Br2FN4O4/c1-2-36-18-7-5-17(6-8-18)29-23(33)22-12-14-11-15(26)4-10-21(14)32(22)31-25(35)24(34)30-20-9-3-16(27)13-19(20)28/h3-13H,2H2,1H3,(H,29,33)(H,30,34)(H,31,35). The summed E-state index contributed by atoms with van der Waals surface area (Å²) in [6.45, 7) is 2.39. The summed E-state index contributed by atoms with van der Waals surface area (Å²) in [5.74, 6) is -2.76. The summed E-state index contributed by atoms with van der Waals surface area (Å²) in [5, 5.41) is 5.64. The highest BCUT2D eigenvalue weighted by molar-refractivity contribution is 9.10. The number of hydrogen-bond acceptors (Lipinski definition) is 4. The van der Waals surface area contributed by atoms with Crippen molar-refractivity contribution in [1.82, 2.24) is 4.68 Å². The lowest BCUT2D eigenvalue weighted by Crippen LogP contribution is -2.36. The van der Waals surface area contributed by atoms with Crippen molar-refractivity contribution in [3.05, 3.63) is 87.2 Å². The molecule has 4 aromatic rings. The highest BCUT2D eigenvalue weighted by atomic mass is 79.9. The van der Waals surface area contributed by atoms with E-state index < -0.39 is 23.5 Å². The van der Waals surface area contributed by atoms with Crippen LogP contribution < -0.4 is 20.8 Å². The van der Waals surface area contributed by atoms with Crippen molar-refractivity contribution in [2.24, 2.45) is 0 Å². The van der Waals surface area contributed by atoms with Gasteiger partial charge in [0.05, 0.1) is 17.8 Å². The molecule has 4 rings (SSSR count). The van der Waals surface area contributed by atoms with Gasteiger partial charge in [-0.15, -0.1) is 0 Å². The summed E-state index contributed by atoms with van der Waals surface area (Å²) >= 11 is 6.52. The highest BCUT2D eigenvalue weighted by Gasteiger charge is 2.22. The Bertz CT molecular complexity index is 1470. The minimum Gasteiger partial charge on any atom is -0.494 e. The Hall–Kier alpha value is -3.70. The monoisotopic (exact) mass is 616 g/mol. The molecule has 0 saturated heterocycles. The molecule has 0 atom stereocenters. The van der Waals surface area contributed by atoms with E-state index in [1.165, 1.54) is 16.8 Å². The molecule has 8 nitrogen and oxygen atoms in total. The number of nitrogens with one attached hydrogen (secondary N) is 3. The Morgan fingerprint density at radius 2 is 1.58 bits per heavy atom. The van der Waals surface area contributed by atoms with Crippen molar-refractivity contribution >= 4 is 71.9 Å². The average Bonchev–Trinajstić information content (AvgIpc) is 3.19. The van der Waals surface area contributed by atoms with Crippen LogP contribution in [0.5, 0.6) is 5.75 Å². The fourth-order valence-corrected chi connectivity index (χ4v) is 4.10. The maximum Gasteiger partial charge on any atom is 0.328 e. The Labute approximate surface area is 222 Å². The SMILES string of the molecule is CCOc1ccc(NC(=O)c2cc3cc(Br)ccc3n2NC(=O)C(=O)Nc2ccc(Br)cc2F)cc1. The molecule has 3 amide bonds. The van der Waals surface area contributed by atoms with Crippen LogP contribution in [0.1, 0.15) is 17.4 Å². The number of fused-ring (bicyclic) bond motifs is 1. The van der Waals surface area contributed by atoms with Crippen molar-refractivity contribution in [2.45, 2.75) is 6.92 Å². The first-order valence-corrected chi connectivity index (χ1v) is 12.3. The number of halogens is 3. The van der Waals surface area contributed by atoms with Crippen LogP contribution >= 0.6 is 31.9 Å². The number of carbonyl (C=O) groups is 3. The van der Waals surface area contributed by atoms with Gasteiger partial charge in [0.15, 0.2) is 0 Å². The molecule has 3 aromatic carbocycles. The number of nitrogens with zero attached hydrogens (tertiary/aromatic N) is 1.